The van der Waals surface area contributed by atoms with E-state index < -0.39 is 0 Å². The summed E-state index contributed by atoms with van der Waals surface area (Å²) in [4.78, 5) is 15.7. The van der Waals surface area contributed by atoms with Gasteiger partial charge in [-0.25, -0.2) is 9.97 Å². The number of aromatic nitrogens is 3. The zero-order chi connectivity index (χ0) is 24.2. The zero-order valence-corrected chi connectivity index (χ0v) is 19.7. The molecule has 0 aliphatic carbocycles. The number of rotatable bonds is 8. The minimum Gasteiger partial charge on any atom is -0.493 e. The van der Waals surface area contributed by atoms with Gasteiger partial charge < -0.3 is 19.1 Å². The largest absolute Gasteiger partial charge is 0.493 e. The first-order valence-electron chi connectivity index (χ1n) is 11.4. The lowest BCUT2D eigenvalue weighted by atomic mass is 9.98. The average molecular weight is 468 g/mol. The Hall–Kier alpha value is -4.38. The molecular weight excluding hydrogens is 442 g/mol. The number of nitrogens with zero attached hydrogens (tertiary/aromatic N) is 5. The molecule has 176 valence electrons. The van der Waals surface area contributed by atoms with E-state index in [0.29, 0.717) is 41.5 Å². The normalized spacial score (nSPS) is 12.7. The van der Waals surface area contributed by atoms with Crippen molar-refractivity contribution in [3.8, 4) is 23.4 Å². The molecule has 0 amide bonds. The molecule has 1 aliphatic heterocycles. The van der Waals surface area contributed by atoms with Crippen LogP contribution in [-0.4, -0.2) is 42.3 Å². The lowest BCUT2D eigenvalue weighted by molar-refractivity contribution is 0.283. The molecule has 0 spiro atoms. The molecule has 8 heteroatoms. The highest BCUT2D eigenvalue weighted by Gasteiger charge is 2.18. The summed E-state index contributed by atoms with van der Waals surface area (Å²) in [5, 5.41) is 9.96. The van der Waals surface area contributed by atoms with E-state index in [1.165, 1.54) is 0 Å². The van der Waals surface area contributed by atoms with Crippen molar-refractivity contribution in [3.63, 3.8) is 0 Å². The van der Waals surface area contributed by atoms with Gasteiger partial charge in [0, 0.05) is 30.9 Å². The van der Waals surface area contributed by atoms with E-state index >= 15 is 0 Å². The van der Waals surface area contributed by atoms with E-state index in [2.05, 4.69) is 20.9 Å². The topological polar surface area (TPSA) is 93.4 Å². The first-order chi connectivity index (χ1) is 17.2. The summed E-state index contributed by atoms with van der Waals surface area (Å²) in [5.41, 5.74) is 4.76. The first-order valence-corrected chi connectivity index (χ1v) is 11.4. The Morgan fingerprint density at radius 2 is 1.80 bits per heavy atom. The number of ether oxygens (including phenoxy) is 3. The number of hydrogen-bond acceptors (Lipinski definition) is 8. The number of pyridine rings is 1. The number of benzene rings is 2. The van der Waals surface area contributed by atoms with Crippen molar-refractivity contribution < 1.29 is 14.2 Å². The zero-order valence-electron chi connectivity index (χ0n) is 19.7. The maximum Gasteiger partial charge on any atom is 0.212 e. The van der Waals surface area contributed by atoms with Crippen LogP contribution in [0.4, 0.5) is 5.82 Å². The van der Waals surface area contributed by atoms with Gasteiger partial charge >= 0.3 is 0 Å². The van der Waals surface area contributed by atoms with Crippen LogP contribution in [0.1, 0.15) is 28.7 Å². The van der Waals surface area contributed by atoms with Gasteiger partial charge in [0.05, 0.1) is 31.5 Å². The summed E-state index contributed by atoms with van der Waals surface area (Å²) >= 11 is 0. The predicted octanol–water partition coefficient (Wildman–Crippen LogP) is 4.29. The van der Waals surface area contributed by atoms with Crippen molar-refractivity contribution in [1.82, 2.24) is 15.0 Å². The maximum absolute atomic E-state index is 9.96. The second-order valence-corrected chi connectivity index (χ2v) is 8.31. The minimum atomic E-state index is 0.355. The van der Waals surface area contributed by atoms with E-state index in [-0.39, 0.29) is 0 Å². The van der Waals surface area contributed by atoms with Crippen molar-refractivity contribution in [3.05, 3.63) is 77.1 Å². The molecule has 4 aromatic rings. The molecule has 35 heavy (non-hydrogen) atoms. The third-order valence-corrected chi connectivity index (χ3v) is 6.10. The molecule has 0 bridgehead atoms. The Morgan fingerprint density at radius 1 is 0.943 bits per heavy atom. The van der Waals surface area contributed by atoms with Crippen LogP contribution >= 0.6 is 0 Å². The highest BCUT2D eigenvalue weighted by molar-refractivity contribution is 5.83. The van der Waals surface area contributed by atoms with Gasteiger partial charge in [-0.1, -0.05) is 12.1 Å². The molecule has 3 heterocycles. The van der Waals surface area contributed by atoms with Gasteiger partial charge in [0.15, 0.2) is 11.5 Å². The van der Waals surface area contributed by atoms with E-state index in [9.17, 15) is 5.26 Å². The van der Waals surface area contributed by atoms with Crippen LogP contribution in [-0.2, 0) is 13.0 Å². The summed E-state index contributed by atoms with van der Waals surface area (Å²) in [6.45, 7) is 2.31. The molecule has 5 rings (SSSR count). The lowest BCUT2D eigenvalue weighted by Crippen LogP contribution is -2.37. The standard InChI is InChI=1S/C27H25N5O3/c1-33-24-13-18(4-8-23(24)35-17-19-5-9-26(34-2)30-15-19)12-20-6-7-22-27(21(20)14-28)31-25(16-29-22)32-10-3-11-32/h4-9,13,15-16H,3,10-12,17H2,1-2H3. The lowest BCUT2D eigenvalue weighted by Gasteiger charge is -2.31. The van der Waals surface area contributed by atoms with E-state index in [0.717, 1.165) is 47.5 Å². The Balaban J connectivity index is 1.37. The SMILES string of the molecule is COc1ccc(COc2ccc(Cc3ccc4ncc(N5CCC5)nc4c3C#N)cc2OC)cn1. The second kappa shape index (κ2) is 9.85. The summed E-state index contributed by atoms with van der Waals surface area (Å²) in [5.74, 6) is 2.65. The molecule has 1 saturated heterocycles. The summed E-state index contributed by atoms with van der Waals surface area (Å²) in [6.07, 6.45) is 5.23. The van der Waals surface area contributed by atoms with Crippen LogP contribution in [0.25, 0.3) is 11.0 Å². The highest BCUT2D eigenvalue weighted by atomic mass is 16.5. The van der Waals surface area contributed by atoms with Gasteiger partial charge in [-0.15, -0.1) is 0 Å². The summed E-state index contributed by atoms with van der Waals surface area (Å²) in [7, 11) is 3.20. The molecule has 1 fully saturated rings. The fraction of sp³-hybridized carbons (Fsp3) is 0.259. The van der Waals surface area contributed by atoms with Gasteiger partial charge in [0.25, 0.3) is 0 Å². The molecular formula is C27H25N5O3. The van der Waals surface area contributed by atoms with E-state index in [1.54, 1.807) is 32.7 Å². The van der Waals surface area contributed by atoms with Crippen LogP contribution in [0, 0.1) is 11.3 Å². The van der Waals surface area contributed by atoms with E-state index in [1.807, 2.05) is 36.4 Å². The fourth-order valence-corrected chi connectivity index (χ4v) is 4.02. The van der Waals surface area contributed by atoms with Crippen molar-refractivity contribution in [2.75, 3.05) is 32.2 Å². The number of hydrogen-bond donors (Lipinski definition) is 0. The Labute approximate surface area is 203 Å². The molecule has 0 N–H and O–H groups in total. The number of anilines is 1. The van der Waals surface area contributed by atoms with Crippen molar-refractivity contribution in [1.29, 1.82) is 5.26 Å². The molecule has 0 saturated carbocycles. The Bertz CT molecular complexity index is 1390. The second-order valence-electron chi connectivity index (χ2n) is 8.31. The molecule has 8 nitrogen and oxygen atoms in total. The summed E-state index contributed by atoms with van der Waals surface area (Å²) in [6, 6.07) is 15.8. The van der Waals surface area contributed by atoms with Crippen molar-refractivity contribution >= 4 is 16.9 Å². The van der Waals surface area contributed by atoms with Gasteiger partial charge in [-0.3, -0.25) is 4.98 Å². The van der Waals surface area contributed by atoms with Crippen LogP contribution in [0.2, 0.25) is 0 Å². The van der Waals surface area contributed by atoms with Gasteiger partial charge in [0.2, 0.25) is 5.88 Å². The Morgan fingerprint density at radius 3 is 2.49 bits per heavy atom. The first kappa shape index (κ1) is 22.4. The van der Waals surface area contributed by atoms with Gasteiger partial charge in [-0.2, -0.15) is 5.26 Å². The van der Waals surface area contributed by atoms with Crippen molar-refractivity contribution in [2.45, 2.75) is 19.4 Å². The monoisotopic (exact) mass is 467 g/mol. The molecule has 2 aromatic heterocycles. The number of methoxy groups -OCH3 is 2. The maximum atomic E-state index is 9.96. The van der Waals surface area contributed by atoms with Crippen LogP contribution in [0.5, 0.6) is 17.4 Å². The molecule has 1 aliphatic rings. The average Bonchev–Trinajstić information content (AvgIpc) is 2.87. The van der Waals surface area contributed by atoms with E-state index in [4.69, 9.17) is 19.2 Å². The number of nitriles is 1. The quantitative estimate of drug-likeness (QED) is 0.379. The van der Waals surface area contributed by atoms with Crippen LogP contribution < -0.4 is 19.1 Å². The van der Waals surface area contributed by atoms with Crippen LogP contribution in [0.3, 0.4) is 0 Å². The third-order valence-electron chi connectivity index (χ3n) is 6.10. The Kier molecular flexibility index (Phi) is 6.31. The molecule has 0 atom stereocenters. The molecule has 0 unspecified atom stereocenters. The van der Waals surface area contributed by atoms with Crippen molar-refractivity contribution in [2.24, 2.45) is 0 Å². The molecule has 0 radical (unpaired) electrons. The van der Waals surface area contributed by atoms with Gasteiger partial charge in [-0.05, 0) is 48.2 Å². The highest BCUT2D eigenvalue weighted by Crippen LogP contribution is 2.31. The predicted molar refractivity (Wildman–Crippen MR) is 132 cm³/mol. The van der Waals surface area contributed by atoms with Gasteiger partial charge in [0.1, 0.15) is 24.0 Å². The minimum absolute atomic E-state index is 0.355. The van der Waals surface area contributed by atoms with Crippen LogP contribution in [0.15, 0.2) is 54.9 Å². The number of fused-ring (bicyclic) bond motifs is 1. The smallest absolute Gasteiger partial charge is 0.212 e. The third kappa shape index (κ3) is 4.66. The molecule has 2 aromatic carbocycles. The fourth-order valence-electron chi connectivity index (χ4n) is 4.02. The summed E-state index contributed by atoms with van der Waals surface area (Å²) < 4.78 is 16.6.